The highest BCUT2D eigenvalue weighted by Gasteiger charge is 2.29. The fourth-order valence-electron chi connectivity index (χ4n) is 3.30. The van der Waals surface area contributed by atoms with Crippen molar-refractivity contribution < 1.29 is 9.53 Å². The summed E-state index contributed by atoms with van der Waals surface area (Å²) in [5.41, 5.74) is 7.27. The van der Waals surface area contributed by atoms with Gasteiger partial charge in [0.2, 0.25) is 5.91 Å². The molecule has 1 saturated carbocycles. The predicted octanol–water partition coefficient (Wildman–Crippen LogP) is 2.74. The summed E-state index contributed by atoms with van der Waals surface area (Å²) < 4.78 is 5.18. The topological polar surface area (TPSA) is 55.6 Å². The van der Waals surface area contributed by atoms with Crippen LogP contribution in [0.5, 0.6) is 0 Å². The first kappa shape index (κ1) is 17.0. The molecule has 4 heteroatoms. The van der Waals surface area contributed by atoms with E-state index in [1.165, 1.54) is 0 Å². The van der Waals surface area contributed by atoms with Gasteiger partial charge in [-0.25, -0.2) is 0 Å². The van der Waals surface area contributed by atoms with Crippen LogP contribution in [0.15, 0.2) is 30.3 Å². The number of amides is 1. The summed E-state index contributed by atoms with van der Waals surface area (Å²) in [4.78, 5) is 14.7. The number of nitrogens with two attached hydrogens (primary N) is 1. The van der Waals surface area contributed by atoms with Gasteiger partial charge in [0.15, 0.2) is 0 Å². The van der Waals surface area contributed by atoms with Crippen molar-refractivity contribution in [3.05, 3.63) is 35.9 Å². The normalized spacial score (nSPS) is 22.5. The van der Waals surface area contributed by atoms with E-state index in [1.807, 2.05) is 23.1 Å². The van der Waals surface area contributed by atoms with Gasteiger partial charge in [-0.05, 0) is 31.2 Å². The van der Waals surface area contributed by atoms with E-state index in [9.17, 15) is 4.79 Å². The molecule has 1 aromatic rings. The van der Waals surface area contributed by atoms with Crippen LogP contribution in [-0.2, 0) is 9.53 Å². The molecule has 1 unspecified atom stereocenters. The fourth-order valence-corrected chi connectivity index (χ4v) is 3.30. The molecule has 2 rings (SSSR count). The minimum Gasteiger partial charge on any atom is -0.383 e. The Kier molecular flexibility index (Phi) is 6.40. The van der Waals surface area contributed by atoms with E-state index >= 15 is 0 Å². The van der Waals surface area contributed by atoms with Crippen LogP contribution in [0.3, 0.4) is 0 Å². The highest BCUT2D eigenvalue weighted by atomic mass is 16.5. The molecule has 22 heavy (non-hydrogen) atoms. The van der Waals surface area contributed by atoms with Crippen molar-refractivity contribution in [3.8, 4) is 0 Å². The molecule has 3 atom stereocenters. The fraction of sp³-hybridized carbons (Fsp3) is 0.611. The van der Waals surface area contributed by atoms with Crippen LogP contribution in [0, 0.1) is 5.92 Å². The average molecular weight is 304 g/mol. The smallest absolute Gasteiger partial charge is 0.223 e. The third kappa shape index (κ3) is 4.31. The molecule has 0 saturated heterocycles. The molecule has 0 bridgehead atoms. The lowest BCUT2D eigenvalue weighted by Gasteiger charge is -2.31. The highest BCUT2D eigenvalue weighted by molar-refractivity contribution is 5.77. The molecule has 4 nitrogen and oxygen atoms in total. The highest BCUT2D eigenvalue weighted by Crippen LogP contribution is 2.29. The van der Waals surface area contributed by atoms with Gasteiger partial charge in [0.05, 0.1) is 12.6 Å². The Morgan fingerprint density at radius 1 is 1.36 bits per heavy atom. The average Bonchev–Trinajstić information content (AvgIpc) is 2.93. The lowest BCUT2D eigenvalue weighted by Crippen LogP contribution is -2.38. The number of hydrogen-bond acceptors (Lipinski definition) is 3. The maximum atomic E-state index is 12.8. The Morgan fingerprint density at radius 2 is 2.09 bits per heavy atom. The summed E-state index contributed by atoms with van der Waals surface area (Å²) in [7, 11) is 1.67. The van der Waals surface area contributed by atoms with Gasteiger partial charge in [0.25, 0.3) is 0 Å². The van der Waals surface area contributed by atoms with Gasteiger partial charge in [0.1, 0.15) is 0 Å². The van der Waals surface area contributed by atoms with Crippen molar-refractivity contribution >= 4 is 5.91 Å². The lowest BCUT2D eigenvalue weighted by molar-refractivity contribution is -0.135. The number of carbonyl (C=O) groups is 1. The molecule has 0 radical (unpaired) electrons. The number of benzene rings is 1. The Hall–Kier alpha value is -1.39. The molecule has 0 aromatic heterocycles. The van der Waals surface area contributed by atoms with Crippen LogP contribution in [-0.4, -0.2) is 37.1 Å². The maximum Gasteiger partial charge on any atom is 0.223 e. The SMILES string of the molecule is COCCN(C(=O)C[C@@H]1CCC[C@H]1N)C(C)c1ccccc1. The van der Waals surface area contributed by atoms with Crippen molar-refractivity contribution in [2.45, 2.75) is 44.7 Å². The van der Waals surface area contributed by atoms with Gasteiger partial charge in [-0.3, -0.25) is 4.79 Å². The Bertz CT molecular complexity index is 463. The summed E-state index contributed by atoms with van der Waals surface area (Å²) in [5, 5.41) is 0. The van der Waals surface area contributed by atoms with Crippen LogP contribution in [0.25, 0.3) is 0 Å². The Labute approximate surface area is 133 Å². The van der Waals surface area contributed by atoms with Crippen molar-refractivity contribution in [1.82, 2.24) is 4.90 Å². The molecular formula is C18H28N2O2. The molecule has 0 aliphatic heterocycles. The first-order chi connectivity index (χ1) is 10.6. The second-order valence-corrected chi connectivity index (χ2v) is 6.23. The molecular weight excluding hydrogens is 276 g/mol. The molecule has 1 aliphatic rings. The van der Waals surface area contributed by atoms with Crippen LogP contribution >= 0.6 is 0 Å². The van der Waals surface area contributed by atoms with Crippen molar-refractivity contribution in [2.75, 3.05) is 20.3 Å². The van der Waals surface area contributed by atoms with Gasteiger partial charge in [-0.2, -0.15) is 0 Å². The first-order valence-corrected chi connectivity index (χ1v) is 8.22. The van der Waals surface area contributed by atoms with Gasteiger partial charge >= 0.3 is 0 Å². The van der Waals surface area contributed by atoms with Crippen LogP contribution in [0.2, 0.25) is 0 Å². The van der Waals surface area contributed by atoms with E-state index in [1.54, 1.807) is 7.11 Å². The largest absolute Gasteiger partial charge is 0.383 e. The van der Waals surface area contributed by atoms with E-state index in [0.717, 1.165) is 24.8 Å². The van der Waals surface area contributed by atoms with Gasteiger partial charge in [-0.15, -0.1) is 0 Å². The number of rotatable bonds is 7. The quantitative estimate of drug-likeness (QED) is 0.842. The van der Waals surface area contributed by atoms with E-state index in [-0.39, 0.29) is 18.0 Å². The predicted molar refractivity (Wildman–Crippen MR) is 88.4 cm³/mol. The molecule has 1 fully saturated rings. The summed E-state index contributed by atoms with van der Waals surface area (Å²) >= 11 is 0. The third-order valence-corrected chi connectivity index (χ3v) is 4.76. The first-order valence-electron chi connectivity index (χ1n) is 8.22. The zero-order chi connectivity index (χ0) is 15.9. The monoisotopic (exact) mass is 304 g/mol. The zero-order valence-corrected chi connectivity index (χ0v) is 13.7. The summed E-state index contributed by atoms with van der Waals surface area (Å²) in [5.74, 6) is 0.524. The Morgan fingerprint density at radius 3 is 2.68 bits per heavy atom. The van der Waals surface area contributed by atoms with Gasteiger partial charge in [-0.1, -0.05) is 36.8 Å². The Balaban J connectivity index is 2.05. The number of hydrogen-bond donors (Lipinski definition) is 1. The van der Waals surface area contributed by atoms with Crippen LogP contribution in [0.1, 0.15) is 44.2 Å². The number of methoxy groups -OCH3 is 1. The second-order valence-electron chi connectivity index (χ2n) is 6.23. The minimum absolute atomic E-state index is 0.0569. The summed E-state index contributed by atoms with van der Waals surface area (Å²) in [6, 6.07) is 10.4. The van der Waals surface area contributed by atoms with Gasteiger partial charge in [0, 0.05) is 26.1 Å². The van der Waals surface area contributed by atoms with E-state index in [0.29, 0.717) is 25.5 Å². The standard InChI is InChI=1S/C18H28N2O2/c1-14(15-7-4-3-5-8-15)20(11-12-22-2)18(21)13-16-9-6-10-17(16)19/h3-5,7-8,14,16-17H,6,9-13,19H2,1-2H3/t14?,16-,17+/m0/s1. The molecule has 1 amide bonds. The number of nitrogens with zero attached hydrogens (tertiary/aromatic N) is 1. The third-order valence-electron chi connectivity index (χ3n) is 4.76. The molecule has 2 N–H and O–H groups in total. The number of carbonyl (C=O) groups excluding carboxylic acids is 1. The van der Waals surface area contributed by atoms with E-state index in [2.05, 4.69) is 19.1 Å². The van der Waals surface area contributed by atoms with Crippen LogP contribution in [0.4, 0.5) is 0 Å². The molecule has 1 aliphatic carbocycles. The van der Waals surface area contributed by atoms with Gasteiger partial charge < -0.3 is 15.4 Å². The van der Waals surface area contributed by atoms with Crippen molar-refractivity contribution in [2.24, 2.45) is 11.7 Å². The van der Waals surface area contributed by atoms with Crippen molar-refractivity contribution in [1.29, 1.82) is 0 Å². The van der Waals surface area contributed by atoms with E-state index < -0.39 is 0 Å². The zero-order valence-electron chi connectivity index (χ0n) is 13.7. The minimum atomic E-state index is 0.0569. The lowest BCUT2D eigenvalue weighted by atomic mass is 9.98. The summed E-state index contributed by atoms with van der Waals surface area (Å²) in [6.07, 6.45) is 3.82. The van der Waals surface area contributed by atoms with Crippen LogP contribution < -0.4 is 5.73 Å². The number of ether oxygens (including phenoxy) is 1. The summed E-state index contributed by atoms with van der Waals surface area (Å²) in [6.45, 7) is 3.25. The van der Waals surface area contributed by atoms with E-state index in [4.69, 9.17) is 10.5 Å². The molecule has 1 aromatic carbocycles. The molecule has 0 spiro atoms. The molecule has 0 heterocycles. The van der Waals surface area contributed by atoms with Crippen molar-refractivity contribution in [3.63, 3.8) is 0 Å². The maximum absolute atomic E-state index is 12.8. The molecule has 122 valence electrons. The second kappa shape index (κ2) is 8.30.